The molecule has 1 aliphatic heterocycles. The molecule has 0 radical (unpaired) electrons. The van der Waals surface area contributed by atoms with Crippen molar-refractivity contribution in [1.82, 2.24) is 4.90 Å². The minimum atomic E-state index is 0.192. The van der Waals surface area contributed by atoms with Gasteiger partial charge in [-0.25, -0.2) is 0 Å². The fourth-order valence-electron chi connectivity index (χ4n) is 4.44. The van der Waals surface area contributed by atoms with Gasteiger partial charge in [0.15, 0.2) is 0 Å². The molecule has 0 aromatic heterocycles. The summed E-state index contributed by atoms with van der Waals surface area (Å²) in [5, 5.41) is 0. The molecule has 2 aliphatic rings. The quantitative estimate of drug-likeness (QED) is 0.910. The van der Waals surface area contributed by atoms with E-state index in [4.69, 9.17) is 5.73 Å². The smallest absolute Gasteiger partial charge is 0.0499 e. The van der Waals surface area contributed by atoms with Crippen LogP contribution in [0, 0.1) is 12.8 Å². The summed E-state index contributed by atoms with van der Waals surface area (Å²) in [6, 6.07) is 10.3. The maximum absolute atomic E-state index is 6.38. The lowest BCUT2D eigenvalue weighted by molar-refractivity contribution is 0.119. The molecule has 1 saturated heterocycles. The summed E-state index contributed by atoms with van der Waals surface area (Å²) < 4.78 is 0. The summed E-state index contributed by atoms with van der Waals surface area (Å²) in [5.41, 5.74) is 9.13. The number of hydrogen-bond donors (Lipinski definition) is 1. The van der Waals surface area contributed by atoms with E-state index < -0.39 is 0 Å². The summed E-state index contributed by atoms with van der Waals surface area (Å²) in [6.45, 7) is 5.58. The molecule has 1 saturated carbocycles. The van der Waals surface area contributed by atoms with E-state index in [0.717, 1.165) is 12.0 Å². The second kappa shape index (κ2) is 5.87. The van der Waals surface area contributed by atoms with Crippen molar-refractivity contribution in [3.63, 3.8) is 0 Å². The Bertz CT molecular complexity index is 454. The molecule has 2 fully saturated rings. The van der Waals surface area contributed by atoms with E-state index in [-0.39, 0.29) is 6.04 Å². The third kappa shape index (κ3) is 2.64. The van der Waals surface area contributed by atoms with Crippen LogP contribution in [-0.2, 0) is 0 Å². The van der Waals surface area contributed by atoms with E-state index in [1.165, 1.54) is 49.8 Å². The van der Waals surface area contributed by atoms with Gasteiger partial charge >= 0.3 is 0 Å². The monoisotopic (exact) mass is 272 g/mol. The highest BCUT2D eigenvalue weighted by molar-refractivity contribution is 5.26. The van der Waals surface area contributed by atoms with Gasteiger partial charge in [0, 0.05) is 18.1 Å². The van der Waals surface area contributed by atoms with Crippen molar-refractivity contribution in [2.75, 3.05) is 6.54 Å². The van der Waals surface area contributed by atoms with Crippen LogP contribution in [0.25, 0.3) is 0 Å². The normalized spacial score (nSPS) is 29.9. The van der Waals surface area contributed by atoms with Crippen LogP contribution >= 0.6 is 0 Å². The van der Waals surface area contributed by atoms with Crippen molar-refractivity contribution < 1.29 is 0 Å². The maximum Gasteiger partial charge on any atom is 0.0499 e. The zero-order chi connectivity index (χ0) is 14.1. The zero-order valence-corrected chi connectivity index (χ0v) is 12.9. The number of likely N-dealkylation sites (tertiary alicyclic amines) is 1. The first-order valence-corrected chi connectivity index (χ1v) is 8.24. The van der Waals surface area contributed by atoms with Crippen molar-refractivity contribution in [2.45, 2.75) is 64.1 Å². The van der Waals surface area contributed by atoms with Gasteiger partial charge in [0.25, 0.3) is 0 Å². The number of aryl methyl sites for hydroxylation is 1. The lowest BCUT2D eigenvalue weighted by Crippen LogP contribution is -2.44. The highest BCUT2D eigenvalue weighted by atomic mass is 15.2. The lowest BCUT2D eigenvalue weighted by atomic mass is 9.84. The molecule has 4 atom stereocenters. The van der Waals surface area contributed by atoms with Gasteiger partial charge in [-0.05, 0) is 51.1 Å². The van der Waals surface area contributed by atoms with Crippen LogP contribution < -0.4 is 5.73 Å². The number of rotatable bonds is 3. The predicted molar refractivity (Wildman–Crippen MR) is 84.6 cm³/mol. The Balaban J connectivity index is 1.87. The average Bonchev–Trinajstić information content (AvgIpc) is 2.83. The molecule has 0 amide bonds. The summed E-state index contributed by atoms with van der Waals surface area (Å²) in [4.78, 5) is 2.73. The molecule has 3 rings (SSSR count). The summed E-state index contributed by atoms with van der Waals surface area (Å²) >= 11 is 0. The summed E-state index contributed by atoms with van der Waals surface area (Å²) in [7, 11) is 0. The van der Waals surface area contributed by atoms with Crippen molar-refractivity contribution in [1.29, 1.82) is 0 Å². The first-order valence-electron chi connectivity index (χ1n) is 8.24. The molecular weight excluding hydrogens is 244 g/mol. The molecule has 2 heteroatoms. The third-order valence-corrected chi connectivity index (χ3v) is 5.29. The predicted octanol–water partition coefficient (Wildman–Crippen LogP) is 3.65. The number of benzene rings is 1. The molecule has 2 N–H and O–H groups in total. The second-order valence-corrected chi connectivity index (χ2v) is 6.86. The van der Waals surface area contributed by atoms with Crippen LogP contribution in [0.4, 0.5) is 0 Å². The third-order valence-electron chi connectivity index (χ3n) is 5.29. The molecule has 4 unspecified atom stereocenters. The van der Waals surface area contributed by atoms with E-state index in [1.54, 1.807) is 0 Å². The Hall–Kier alpha value is -0.860. The first kappa shape index (κ1) is 14.1. The maximum atomic E-state index is 6.38. The van der Waals surface area contributed by atoms with Crippen LogP contribution in [0.1, 0.15) is 56.2 Å². The van der Waals surface area contributed by atoms with Crippen molar-refractivity contribution >= 4 is 0 Å². The Morgan fingerprint density at radius 1 is 1.20 bits per heavy atom. The van der Waals surface area contributed by atoms with Gasteiger partial charge in [0.1, 0.15) is 0 Å². The molecule has 1 heterocycles. The molecule has 20 heavy (non-hydrogen) atoms. The van der Waals surface area contributed by atoms with Crippen molar-refractivity contribution in [3.05, 3.63) is 35.4 Å². The van der Waals surface area contributed by atoms with Gasteiger partial charge in [-0.1, -0.05) is 42.7 Å². The zero-order valence-electron chi connectivity index (χ0n) is 12.9. The van der Waals surface area contributed by atoms with E-state index in [1.807, 2.05) is 0 Å². The Morgan fingerprint density at radius 3 is 2.75 bits per heavy atom. The van der Waals surface area contributed by atoms with Crippen LogP contribution in [0.2, 0.25) is 0 Å². The van der Waals surface area contributed by atoms with Gasteiger partial charge in [-0.2, -0.15) is 0 Å². The van der Waals surface area contributed by atoms with Gasteiger partial charge in [-0.15, -0.1) is 0 Å². The first-order chi connectivity index (χ1) is 9.66. The van der Waals surface area contributed by atoms with Crippen LogP contribution in [-0.4, -0.2) is 23.5 Å². The fourth-order valence-corrected chi connectivity index (χ4v) is 4.44. The van der Waals surface area contributed by atoms with Gasteiger partial charge in [0.05, 0.1) is 0 Å². The van der Waals surface area contributed by atoms with Gasteiger partial charge < -0.3 is 5.73 Å². The van der Waals surface area contributed by atoms with Gasteiger partial charge in [0.2, 0.25) is 0 Å². The highest BCUT2D eigenvalue weighted by Crippen LogP contribution is 2.41. The number of fused-ring (bicyclic) bond motifs is 1. The summed E-state index contributed by atoms with van der Waals surface area (Å²) in [5.74, 6) is 0.926. The highest BCUT2D eigenvalue weighted by Gasteiger charge is 2.40. The minimum absolute atomic E-state index is 0.192. The van der Waals surface area contributed by atoms with Gasteiger partial charge in [-0.3, -0.25) is 4.90 Å². The van der Waals surface area contributed by atoms with E-state index in [2.05, 4.69) is 43.0 Å². The minimum Gasteiger partial charge on any atom is -0.326 e. The second-order valence-electron chi connectivity index (χ2n) is 6.86. The van der Waals surface area contributed by atoms with E-state index in [9.17, 15) is 0 Å². The van der Waals surface area contributed by atoms with E-state index in [0.29, 0.717) is 6.04 Å². The average molecular weight is 272 g/mol. The van der Waals surface area contributed by atoms with Crippen molar-refractivity contribution in [3.8, 4) is 0 Å². The van der Waals surface area contributed by atoms with E-state index >= 15 is 0 Å². The number of nitrogens with zero attached hydrogens (tertiary/aromatic N) is 1. The fraction of sp³-hybridized carbons (Fsp3) is 0.667. The lowest BCUT2D eigenvalue weighted by Gasteiger charge is -2.39. The molecule has 2 nitrogen and oxygen atoms in total. The van der Waals surface area contributed by atoms with Crippen LogP contribution in [0.3, 0.4) is 0 Å². The SMILES string of the molecule is Cc1cccc(C(C(C)N)N2CCC3CCCCC32)c1. The molecule has 1 aliphatic carbocycles. The molecule has 1 aromatic rings. The molecule has 1 aromatic carbocycles. The Morgan fingerprint density at radius 2 is 2.00 bits per heavy atom. The number of hydrogen-bond acceptors (Lipinski definition) is 2. The standard InChI is InChI=1S/C18H28N2/c1-13-6-5-8-16(12-13)18(14(2)19)20-11-10-15-7-3-4-9-17(15)20/h5-6,8,12,14-15,17-18H,3-4,7,9-11,19H2,1-2H3. The molecular formula is C18H28N2. The topological polar surface area (TPSA) is 29.3 Å². The largest absolute Gasteiger partial charge is 0.326 e. The Labute approximate surface area is 123 Å². The van der Waals surface area contributed by atoms with Crippen LogP contribution in [0.15, 0.2) is 24.3 Å². The molecule has 0 bridgehead atoms. The summed E-state index contributed by atoms with van der Waals surface area (Å²) in [6.07, 6.45) is 7.01. The number of nitrogens with two attached hydrogens (primary N) is 1. The molecule has 110 valence electrons. The van der Waals surface area contributed by atoms with Crippen molar-refractivity contribution in [2.24, 2.45) is 11.7 Å². The Kier molecular flexibility index (Phi) is 4.13. The van der Waals surface area contributed by atoms with Crippen LogP contribution in [0.5, 0.6) is 0 Å². The molecule has 0 spiro atoms.